The molecular weight excluding hydrogens is 233 g/mol. The number of halogens is 2. The van der Waals surface area contributed by atoms with Crippen LogP contribution in [0.3, 0.4) is 0 Å². The summed E-state index contributed by atoms with van der Waals surface area (Å²) in [6, 6.07) is 4.36. The fourth-order valence-electron chi connectivity index (χ4n) is 1.46. The summed E-state index contributed by atoms with van der Waals surface area (Å²) in [4.78, 5) is 1.76. The van der Waals surface area contributed by atoms with Crippen LogP contribution in [0.1, 0.15) is 5.56 Å². The van der Waals surface area contributed by atoms with Gasteiger partial charge in [-0.15, -0.1) is 0 Å². The zero-order valence-electron chi connectivity index (χ0n) is 8.87. The van der Waals surface area contributed by atoms with Gasteiger partial charge in [0.25, 0.3) is 0 Å². The first-order valence-corrected chi connectivity index (χ1v) is 5.43. The highest BCUT2D eigenvalue weighted by atomic mass is 35.5. The molecule has 0 aliphatic heterocycles. The van der Waals surface area contributed by atoms with Crippen LogP contribution in [-0.2, 0) is 6.54 Å². The first-order valence-electron chi connectivity index (χ1n) is 5.05. The van der Waals surface area contributed by atoms with Crippen molar-refractivity contribution in [3.05, 3.63) is 34.6 Å². The zero-order valence-corrected chi connectivity index (χ0v) is 9.62. The van der Waals surface area contributed by atoms with Crippen molar-refractivity contribution < 1.29 is 14.6 Å². The van der Waals surface area contributed by atoms with Gasteiger partial charge in [0, 0.05) is 30.2 Å². The second-order valence-corrected chi connectivity index (χ2v) is 3.90. The molecule has 0 aliphatic rings. The normalized spacial score (nSPS) is 11.1. The fourth-order valence-corrected chi connectivity index (χ4v) is 1.65. The summed E-state index contributed by atoms with van der Waals surface area (Å²) in [5, 5.41) is 18.1. The molecule has 0 saturated carbocycles. The minimum absolute atomic E-state index is 0.0256. The molecule has 0 aliphatic carbocycles. The van der Waals surface area contributed by atoms with Crippen LogP contribution in [0, 0.1) is 5.82 Å². The van der Waals surface area contributed by atoms with E-state index in [1.54, 1.807) is 11.0 Å². The number of aliphatic hydroxyl groups is 2. The maximum absolute atomic E-state index is 13.4. The third-order valence-electron chi connectivity index (χ3n) is 2.23. The highest BCUT2D eigenvalue weighted by Crippen LogP contribution is 2.16. The van der Waals surface area contributed by atoms with Gasteiger partial charge in [-0.1, -0.05) is 11.6 Å². The van der Waals surface area contributed by atoms with Gasteiger partial charge in [-0.05, 0) is 18.2 Å². The van der Waals surface area contributed by atoms with Crippen molar-refractivity contribution in [3.8, 4) is 0 Å². The van der Waals surface area contributed by atoms with Gasteiger partial charge in [-0.3, -0.25) is 4.90 Å². The molecule has 3 nitrogen and oxygen atoms in total. The molecule has 90 valence electrons. The molecule has 16 heavy (non-hydrogen) atoms. The third-order valence-corrected chi connectivity index (χ3v) is 2.47. The van der Waals surface area contributed by atoms with Crippen LogP contribution in [0.25, 0.3) is 0 Å². The Hall–Kier alpha value is -0.680. The predicted molar refractivity (Wildman–Crippen MR) is 60.9 cm³/mol. The molecule has 0 spiro atoms. The summed E-state index contributed by atoms with van der Waals surface area (Å²) < 4.78 is 13.4. The lowest BCUT2D eigenvalue weighted by Crippen LogP contribution is -2.29. The molecular formula is C11H15ClFNO2. The summed E-state index contributed by atoms with van der Waals surface area (Å²) in [6.07, 6.45) is 0. The smallest absolute Gasteiger partial charge is 0.127 e. The molecule has 2 N–H and O–H groups in total. The Balaban J connectivity index is 2.71. The van der Waals surface area contributed by atoms with Gasteiger partial charge < -0.3 is 10.2 Å². The van der Waals surface area contributed by atoms with Crippen LogP contribution in [-0.4, -0.2) is 41.4 Å². The van der Waals surface area contributed by atoms with E-state index in [1.165, 1.54) is 12.1 Å². The van der Waals surface area contributed by atoms with Crippen LogP contribution >= 0.6 is 11.6 Å². The Labute approximate surface area is 99.1 Å². The largest absolute Gasteiger partial charge is 0.395 e. The molecule has 1 aromatic rings. The maximum Gasteiger partial charge on any atom is 0.127 e. The van der Waals surface area contributed by atoms with Crippen molar-refractivity contribution in [1.82, 2.24) is 4.90 Å². The monoisotopic (exact) mass is 247 g/mol. The van der Waals surface area contributed by atoms with Gasteiger partial charge in [-0.25, -0.2) is 4.39 Å². The van der Waals surface area contributed by atoms with Gasteiger partial charge in [0.05, 0.1) is 13.2 Å². The highest BCUT2D eigenvalue weighted by Gasteiger charge is 2.09. The van der Waals surface area contributed by atoms with Gasteiger partial charge in [0.1, 0.15) is 5.82 Å². The first-order chi connectivity index (χ1) is 7.67. The summed E-state index contributed by atoms with van der Waals surface area (Å²) in [5.41, 5.74) is 0.467. The number of benzene rings is 1. The fraction of sp³-hybridized carbons (Fsp3) is 0.455. The van der Waals surface area contributed by atoms with E-state index in [4.69, 9.17) is 21.8 Å². The van der Waals surface area contributed by atoms with Crippen molar-refractivity contribution in [2.45, 2.75) is 6.54 Å². The van der Waals surface area contributed by atoms with E-state index in [9.17, 15) is 4.39 Å². The standard InChI is InChI=1S/C11H15ClFNO2/c12-10-1-2-11(13)9(7-10)8-14(3-5-15)4-6-16/h1-2,7,15-16H,3-6,8H2. The van der Waals surface area contributed by atoms with Crippen LogP contribution in [0.15, 0.2) is 18.2 Å². The molecule has 0 amide bonds. The Morgan fingerprint density at radius 1 is 1.19 bits per heavy atom. The SMILES string of the molecule is OCCN(CCO)Cc1cc(Cl)ccc1F. The van der Waals surface area contributed by atoms with Gasteiger partial charge in [-0.2, -0.15) is 0 Å². The number of hydrogen-bond donors (Lipinski definition) is 2. The molecule has 0 saturated heterocycles. The molecule has 5 heteroatoms. The van der Waals surface area contributed by atoms with Gasteiger partial charge in [0.15, 0.2) is 0 Å². The minimum Gasteiger partial charge on any atom is -0.395 e. The molecule has 0 unspecified atom stereocenters. The molecule has 0 fully saturated rings. The molecule has 0 heterocycles. The lowest BCUT2D eigenvalue weighted by atomic mass is 10.2. The Morgan fingerprint density at radius 3 is 2.38 bits per heavy atom. The van der Waals surface area contributed by atoms with Crippen molar-refractivity contribution in [1.29, 1.82) is 0 Å². The van der Waals surface area contributed by atoms with Crippen molar-refractivity contribution in [3.63, 3.8) is 0 Å². The van der Waals surface area contributed by atoms with E-state index in [-0.39, 0.29) is 19.0 Å². The molecule has 0 atom stereocenters. The van der Waals surface area contributed by atoms with Gasteiger partial charge in [0.2, 0.25) is 0 Å². The van der Waals surface area contributed by atoms with Gasteiger partial charge >= 0.3 is 0 Å². The summed E-state index contributed by atoms with van der Waals surface area (Å²) in [6.45, 7) is 1.07. The molecule has 1 rings (SSSR count). The Kier molecular flexibility index (Phi) is 5.69. The lowest BCUT2D eigenvalue weighted by molar-refractivity contribution is 0.154. The number of nitrogens with zero attached hydrogens (tertiary/aromatic N) is 1. The number of hydrogen-bond acceptors (Lipinski definition) is 3. The second-order valence-electron chi connectivity index (χ2n) is 3.46. The van der Waals surface area contributed by atoms with Crippen molar-refractivity contribution in [2.24, 2.45) is 0 Å². The lowest BCUT2D eigenvalue weighted by Gasteiger charge is -2.20. The van der Waals surface area contributed by atoms with E-state index in [0.717, 1.165) is 0 Å². The highest BCUT2D eigenvalue weighted by molar-refractivity contribution is 6.30. The van der Waals surface area contributed by atoms with Crippen molar-refractivity contribution in [2.75, 3.05) is 26.3 Å². The molecule has 1 aromatic carbocycles. The second kappa shape index (κ2) is 6.81. The third kappa shape index (κ3) is 4.06. The summed E-state index contributed by atoms with van der Waals surface area (Å²) in [7, 11) is 0. The van der Waals surface area contributed by atoms with Crippen LogP contribution < -0.4 is 0 Å². The maximum atomic E-state index is 13.4. The van der Waals surface area contributed by atoms with Crippen LogP contribution in [0.4, 0.5) is 4.39 Å². The van der Waals surface area contributed by atoms with E-state index in [0.29, 0.717) is 30.2 Å². The van der Waals surface area contributed by atoms with Crippen LogP contribution in [0.5, 0.6) is 0 Å². The van der Waals surface area contributed by atoms with E-state index >= 15 is 0 Å². The predicted octanol–water partition coefficient (Wildman–Crippen LogP) is 1.27. The van der Waals surface area contributed by atoms with E-state index in [1.807, 2.05) is 0 Å². The minimum atomic E-state index is -0.328. The summed E-state index contributed by atoms with van der Waals surface area (Å²) >= 11 is 5.77. The van der Waals surface area contributed by atoms with E-state index < -0.39 is 0 Å². The Morgan fingerprint density at radius 2 is 1.81 bits per heavy atom. The molecule has 0 bridgehead atoms. The van der Waals surface area contributed by atoms with Crippen LogP contribution in [0.2, 0.25) is 5.02 Å². The Bertz CT molecular complexity index is 330. The molecule has 0 aromatic heterocycles. The quantitative estimate of drug-likeness (QED) is 0.796. The summed E-state index contributed by atoms with van der Waals surface area (Å²) in [5.74, 6) is -0.328. The topological polar surface area (TPSA) is 43.7 Å². The molecule has 0 radical (unpaired) electrons. The first kappa shape index (κ1) is 13.4. The van der Waals surface area contributed by atoms with Crippen molar-refractivity contribution >= 4 is 11.6 Å². The average Bonchev–Trinajstić information content (AvgIpc) is 2.24. The van der Waals surface area contributed by atoms with E-state index in [2.05, 4.69) is 0 Å². The number of aliphatic hydroxyl groups excluding tert-OH is 2. The average molecular weight is 248 g/mol. The zero-order chi connectivity index (χ0) is 12.0. The number of rotatable bonds is 6.